The van der Waals surface area contributed by atoms with Crippen molar-refractivity contribution in [2.45, 2.75) is 0 Å². The fraction of sp³-hybridized carbons (Fsp3) is 0. The highest BCUT2D eigenvalue weighted by Crippen LogP contribution is 2.55. The van der Waals surface area contributed by atoms with E-state index in [2.05, 4.69) is 187 Å². The smallest absolute Gasteiger partial charge is 0.0390 e. The summed E-state index contributed by atoms with van der Waals surface area (Å²) >= 11 is 0. The van der Waals surface area contributed by atoms with Crippen molar-refractivity contribution < 1.29 is 0 Å². The molecule has 0 saturated carbocycles. The number of para-hydroxylation sites is 1. The molecule has 0 aliphatic rings. The van der Waals surface area contributed by atoms with Crippen molar-refractivity contribution in [2.75, 3.05) is 5.32 Å². The minimum Gasteiger partial charge on any atom is -0.356 e. The Bertz CT molecular complexity index is 3620. The predicted molar refractivity (Wildman–Crippen MR) is 256 cm³/mol. The first-order chi connectivity index (χ1) is 29.3. The van der Waals surface area contributed by atoms with Crippen molar-refractivity contribution in [3.05, 3.63) is 218 Å². The number of anilines is 2. The maximum absolute atomic E-state index is 3.65. The molecule has 0 aromatic heterocycles. The largest absolute Gasteiger partial charge is 0.356 e. The minimum atomic E-state index is 1.08. The van der Waals surface area contributed by atoms with Gasteiger partial charge in [-0.1, -0.05) is 182 Å². The van der Waals surface area contributed by atoms with E-state index in [0.717, 1.165) is 11.4 Å². The fourth-order valence-corrected chi connectivity index (χ4v) is 9.97. The molecule has 1 nitrogen and oxygen atoms in total. The third-order valence-electron chi connectivity index (χ3n) is 12.3. The van der Waals surface area contributed by atoms with E-state index in [1.807, 2.05) is 36.4 Å². The quantitative estimate of drug-likeness (QED) is 0.177. The maximum Gasteiger partial charge on any atom is 0.0390 e. The highest BCUT2D eigenvalue weighted by atomic mass is 14.9. The van der Waals surface area contributed by atoms with Crippen molar-refractivity contribution in [3.63, 3.8) is 0 Å². The summed E-state index contributed by atoms with van der Waals surface area (Å²) in [4.78, 5) is 0. The van der Waals surface area contributed by atoms with Gasteiger partial charge in [-0.2, -0.15) is 0 Å². The maximum atomic E-state index is 3.65. The third kappa shape index (κ3) is 5.18. The molecule has 0 aliphatic heterocycles. The van der Waals surface area contributed by atoms with Gasteiger partial charge in [0, 0.05) is 11.4 Å². The summed E-state index contributed by atoms with van der Waals surface area (Å²) in [6, 6.07) is 79.3. The number of fused-ring (bicyclic) bond motifs is 10. The van der Waals surface area contributed by atoms with E-state index in [1.54, 1.807) is 0 Å². The van der Waals surface area contributed by atoms with Crippen molar-refractivity contribution in [2.24, 2.45) is 0 Å². The molecule has 0 aliphatic carbocycles. The second kappa shape index (κ2) is 13.4. The van der Waals surface area contributed by atoms with Crippen LogP contribution in [0, 0.1) is 0 Å². The van der Waals surface area contributed by atoms with Crippen molar-refractivity contribution in [1.29, 1.82) is 0 Å². The van der Waals surface area contributed by atoms with Crippen LogP contribution in [-0.2, 0) is 0 Å². The van der Waals surface area contributed by atoms with Crippen LogP contribution in [-0.4, -0.2) is 0 Å². The topological polar surface area (TPSA) is 12.0 Å². The lowest BCUT2D eigenvalue weighted by Gasteiger charge is -2.19. The van der Waals surface area contributed by atoms with Crippen LogP contribution in [0.1, 0.15) is 0 Å². The first-order valence-corrected chi connectivity index (χ1v) is 20.4. The van der Waals surface area contributed by atoms with Crippen LogP contribution in [0.25, 0.3) is 108 Å². The summed E-state index contributed by atoms with van der Waals surface area (Å²) < 4.78 is 0. The van der Waals surface area contributed by atoms with E-state index in [0.29, 0.717) is 0 Å². The number of hydrogen-bond donors (Lipinski definition) is 1. The van der Waals surface area contributed by atoms with Crippen LogP contribution in [0.3, 0.4) is 0 Å². The molecule has 0 bridgehead atoms. The molecule has 13 aromatic rings. The Balaban J connectivity index is 0.000000580. The molecule has 0 spiro atoms. The lowest BCUT2D eigenvalue weighted by atomic mass is 9.84. The molecule has 1 N–H and O–H groups in total. The van der Waals surface area contributed by atoms with E-state index < -0.39 is 0 Å². The number of benzene rings is 11. The standard InChI is InChI=1S/C52H31N.C6H6/c1-4-14-31(15-5-1)46-45-30-43-38-21-11-10-20-37(38)40-23-13-24-41(48(40)43)50(45)47(32-16-6-2-7-17-32)52-44-29-33-28-35(53-34-18-8-3-9-19-34)26-27-36(33)39-22-12-25-42(49(39)44)51(46)52;1-2-4-6-5-3-1/h1-30,53H;1-6H. The Kier molecular flexibility index (Phi) is 7.61. The van der Waals surface area contributed by atoms with Gasteiger partial charge >= 0.3 is 0 Å². The van der Waals surface area contributed by atoms with Gasteiger partial charge in [-0.15, -0.1) is 0 Å². The second-order valence-electron chi connectivity index (χ2n) is 15.6. The summed E-state index contributed by atoms with van der Waals surface area (Å²) in [6.07, 6.45) is 0. The summed E-state index contributed by atoms with van der Waals surface area (Å²) in [6.45, 7) is 0. The first-order valence-electron chi connectivity index (χ1n) is 20.4. The van der Waals surface area contributed by atoms with Crippen LogP contribution in [0.15, 0.2) is 218 Å². The van der Waals surface area contributed by atoms with Gasteiger partial charge in [0.05, 0.1) is 0 Å². The molecule has 0 saturated heterocycles. The summed E-state index contributed by atoms with van der Waals surface area (Å²) in [5.74, 6) is 0. The Morgan fingerprint density at radius 1 is 0.220 bits per heavy atom. The minimum absolute atomic E-state index is 1.08. The van der Waals surface area contributed by atoms with Crippen LogP contribution in [0.5, 0.6) is 0 Å². The summed E-state index contributed by atoms with van der Waals surface area (Å²) in [7, 11) is 0. The summed E-state index contributed by atoms with van der Waals surface area (Å²) in [5.41, 5.74) is 7.27. The lowest BCUT2D eigenvalue weighted by Crippen LogP contribution is -1.91. The van der Waals surface area contributed by atoms with Crippen LogP contribution >= 0.6 is 0 Å². The highest BCUT2D eigenvalue weighted by molar-refractivity contribution is 6.46. The molecule has 274 valence electrons. The Hall–Kier alpha value is -7.74. The molecular formula is C58H37N. The zero-order valence-electron chi connectivity index (χ0n) is 32.3. The fourth-order valence-electron chi connectivity index (χ4n) is 9.97. The highest BCUT2D eigenvalue weighted by Gasteiger charge is 2.26. The average molecular weight is 748 g/mol. The van der Waals surface area contributed by atoms with Gasteiger partial charge in [-0.25, -0.2) is 0 Å². The molecule has 0 unspecified atom stereocenters. The van der Waals surface area contributed by atoms with Gasteiger partial charge < -0.3 is 5.32 Å². The van der Waals surface area contributed by atoms with Crippen molar-refractivity contribution >= 4 is 97.6 Å². The lowest BCUT2D eigenvalue weighted by molar-refractivity contribution is 1.57. The Morgan fingerprint density at radius 3 is 1.36 bits per heavy atom. The van der Waals surface area contributed by atoms with E-state index in [1.165, 1.54) is 108 Å². The number of nitrogens with one attached hydrogen (secondary N) is 1. The molecule has 13 aromatic carbocycles. The predicted octanol–water partition coefficient (Wildman–Crippen LogP) is 16.6. The molecule has 0 atom stereocenters. The zero-order valence-corrected chi connectivity index (χ0v) is 32.3. The van der Waals surface area contributed by atoms with Gasteiger partial charge in [0.2, 0.25) is 0 Å². The summed E-state index contributed by atoms with van der Waals surface area (Å²) in [5, 5.41) is 24.6. The SMILES string of the molecule is c1ccc(Nc2ccc3c(c2)cc2c4c(-c5ccccc5)c5c(cc6c7ccccc7c7cccc5c76)c(-c5ccccc5)c4c4cccc3c42)cc1.c1ccccc1. The Labute approximate surface area is 342 Å². The van der Waals surface area contributed by atoms with E-state index in [4.69, 9.17) is 0 Å². The van der Waals surface area contributed by atoms with Gasteiger partial charge in [0.1, 0.15) is 0 Å². The first kappa shape index (κ1) is 33.4. The molecule has 13 rings (SSSR count). The van der Waals surface area contributed by atoms with E-state index in [-0.39, 0.29) is 0 Å². The molecule has 0 amide bonds. The van der Waals surface area contributed by atoms with Crippen LogP contribution in [0.4, 0.5) is 11.4 Å². The number of rotatable bonds is 4. The van der Waals surface area contributed by atoms with Gasteiger partial charge in [-0.3, -0.25) is 0 Å². The van der Waals surface area contributed by atoms with Crippen LogP contribution < -0.4 is 5.32 Å². The normalized spacial score (nSPS) is 11.7. The second-order valence-corrected chi connectivity index (χ2v) is 15.6. The average Bonchev–Trinajstić information content (AvgIpc) is 3.81. The Morgan fingerprint density at radius 2 is 0.695 bits per heavy atom. The van der Waals surface area contributed by atoms with Gasteiger partial charge in [0.25, 0.3) is 0 Å². The van der Waals surface area contributed by atoms with Crippen molar-refractivity contribution in [1.82, 2.24) is 0 Å². The molecule has 0 radical (unpaired) electrons. The molecule has 0 heterocycles. The van der Waals surface area contributed by atoms with Crippen LogP contribution in [0.2, 0.25) is 0 Å². The molecule has 0 fully saturated rings. The molecule has 1 heteroatoms. The monoisotopic (exact) mass is 747 g/mol. The van der Waals surface area contributed by atoms with Crippen molar-refractivity contribution in [3.8, 4) is 22.3 Å². The number of hydrogen-bond acceptors (Lipinski definition) is 1. The zero-order chi connectivity index (χ0) is 38.9. The van der Waals surface area contributed by atoms with Gasteiger partial charge in [0.15, 0.2) is 0 Å². The molecular weight excluding hydrogens is 711 g/mol. The third-order valence-corrected chi connectivity index (χ3v) is 12.3. The van der Waals surface area contributed by atoms with E-state index >= 15 is 0 Å². The molecule has 59 heavy (non-hydrogen) atoms. The van der Waals surface area contributed by atoms with Gasteiger partial charge in [-0.05, 0) is 145 Å². The van der Waals surface area contributed by atoms with E-state index in [9.17, 15) is 0 Å².